The molecule has 0 aromatic carbocycles. The van der Waals surface area contributed by atoms with Gasteiger partial charge in [-0.2, -0.15) is 0 Å². The zero-order valence-corrected chi connectivity index (χ0v) is 26.1. The van der Waals surface area contributed by atoms with E-state index in [1.165, 1.54) is 27.7 Å². The van der Waals surface area contributed by atoms with Crippen LogP contribution in [-0.2, 0) is 52.6 Å². The Hall–Kier alpha value is -3.64. The third-order valence-electron chi connectivity index (χ3n) is 5.28. The van der Waals surface area contributed by atoms with E-state index in [-0.39, 0.29) is 43.6 Å². The fourth-order valence-corrected chi connectivity index (χ4v) is 3.27. The van der Waals surface area contributed by atoms with Gasteiger partial charge < -0.3 is 24.4 Å². The molecule has 0 spiro atoms. The molecule has 0 aliphatic rings. The van der Waals surface area contributed by atoms with Crippen molar-refractivity contribution in [3.05, 3.63) is 0 Å². The van der Waals surface area contributed by atoms with Crippen LogP contribution in [0.15, 0.2) is 0 Å². The number of carbonyl (C=O) groups is 8. The number of hydrogen-bond donors (Lipinski definition) is 2. The van der Waals surface area contributed by atoms with Crippen LogP contribution in [0.1, 0.15) is 130 Å². The van der Waals surface area contributed by atoms with Gasteiger partial charge in [0.05, 0.1) is 0 Å². The maximum Gasteiger partial charge on any atom is 0.310 e. The molecule has 0 saturated carbocycles. The molecule has 2 N–H and O–H groups in total. The van der Waals surface area contributed by atoms with E-state index in [4.69, 9.17) is 14.9 Å². The second kappa shape index (κ2) is 31.3. The Kier molecular flexibility index (Phi) is 31.9. The summed E-state index contributed by atoms with van der Waals surface area (Å²) in [6.45, 7) is 4.76. The van der Waals surface area contributed by atoms with E-state index < -0.39 is 29.8 Å². The monoisotopic (exact) mass is 618 g/mol. The lowest BCUT2D eigenvalue weighted by Crippen LogP contribution is -2.11. The van der Waals surface area contributed by atoms with E-state index in [1.807, 2.05) is 0 Å². The van der Waals surface area contributed by atoms with E-state index in [9.17, 15) is 38.4 Å². The molecule has 0 bridgehead atoms. The number of Topliss-reactive ketones (excluding diaryl/α,β-unsaturated/α-hetero) is 2. The van der Waals surface area contributed by atoms with Crippen LogP contribution in [0.5, 0.6) is 0 Å². The molecule has 0 atom stereocenters. The lowest BCUT2D eigenvalue weighted by atomic mass is 10.1. The summed E-state index contributed by atoms with van der Waals surface area (Å²) in [5.41, 5.74) is 0. The molecule has 0 fully saturated rings. The largest absolute Gasteiger partial charge is 0.481 e. The Morgan fingerprint density at radius 1 is 0.442 bits per heavy atom. The number of ether oxygens (including phenoxy) is 3. The molecule has 0 aliphatic heterocycles. The van der Waals surface area contributed by atoms with Gasteiger partial charge in [0.25, 0.3) is 0 Å². The second-order valence-corrected chi connectivity index (χ2v) is 9.80. The minimum Gasteiger partial charge on any atom is -0.481 e. The predicted octanol–water partition coefficient (Wildman–Crippen LogP) is 4.74. The van der Waals surface area contributed by atoms with Gasteiger partial charge in [0.1, 0.15) is 13.2 Å². The molecule has 0 radical (unpaired) electrons. The molecular weight excluding hydrogens is 568 g/mol. The third-order valence-corrected chi connectivity index (χ3v) is 5.28. The van der Waals surface area contributed by atoms with Gasteiger partial charge >= 0.3 is 35.8 Å². The van der Waals surface area contributed by atoms with Gasteiger partial charge in [0.2, 0.25) is 0 Å². The third kappa shape index (κ3) is 48.4. The molecule has 0 aromatic rings. The summed E-state index contributed by atoms with van der Waals surface area (Å²) in [5, 5.41) is 16.7. The van der Waals surface area contributed by atoms with Crippen LogP contribution in [-0.4, -0.2) is 70.8 Å². The van der Waals surface area contributed by atoms with Crippen LogP contribution >= 0.6 is 0 Å². The Bertz CT molecular complexity index is 781. The number of unbranched alkanes of at least 4 members (excludes halogenated alkanes) is 10. The lowest BCUT2D eigenvalue weighted by molar-refractivity contribution is -0.156. The van der Waals surface area contributed by atoms with Crippen molar-refractivity contribution in [2.75, 3.05) is 13.2 Å². The maximum atomic E-state index is 11.3. The van der Waals surface area contributed by atoms with Crippen molar-refractivity contribution in [2.45, 2.75) is 130 Å². The molecule has 43 heavy (non-hydrogen) atoms. The minimum absolute atomic E-state index is 0.0524. The predicted molar refractivity (Wildman–Crippen MR) is 155 cm³/mol. The highest BCUT2D eigenvalue weighted by molar-refractivity contribution is 5.82. The maximum absolute atomic E-state index is 11.3. The van der Waals surface area contributed by atoms with Gasteiger partial charge in [-0.15, -0.1) is 0 Å². The van der Waals surface area contributed by atoms with Crippen molar-refractivity contribution in [2.24, 2.45) is 0 Å². The number of carbonyl (C=O) groups excluding carboxylic acids is 6. The molecule has 0 saturated heterocycles. The Morgan fingerprint density at radius 3 is 1.14 bits per heavy atom. The summed E-state index contributed by atoms with van der Waals surface area (Å²) in [6.07, 6.45) is 12.0. The minimum atomic E-state index is -0.740. The molecule has 0 aromatic heterocycles. The van der Waals surface area contributed by atoms with Crippen molar-refractivity contribution >= 4 is 47.4 Å². The van der Waals surface area contributed by atoms with Gasteiger partial charge in [-0.1, -0.05) is 51.4 Å². The molecular formula is C30H50O13. The quantitative estimate of drug-likeness (QED) is 0.0728. The van der Waals surface area contributed by atoms with Crippen molar-refractivity contribution in [1.82, 2.24) is 0 Å². The van der Waals surface area contributed by atoms with Gasteiger partial charge in [0, 0.05) is 46.5 Å². The standard InChI is InChI=1S/C16H26O6.C10H18O4.C4H6O3/c1-13(17)11-22-16(20)10-8-6-4-3-5-7-9-15(19)12-21-14(2)18;11-9(12)7-5-3-1-2-4-6-8-10(13)14;1-3(5)7-4(2)6/h3-12H2,1-2H3;1-8H2,(H,11,12)(H,13,14);1-2H3. The number of carboxylic acid groups (broad SMARTS) is 2. The van der Waals surface area contributed by atoms with Crippen LogP contribution in [0.25, 0.3) is 0 Å². The molecule has 248 valence electrons. The summed E-state index contributed by atoms with van der Waals surface area (Å²) < 4.78 is 13.3. The average Bonchev–Trinajstić information content (AvgIpc) is 2.88. The average molecular weight is 619 g/mol. The first-order valence-electron chi connectivity index (χ1n) is 14.6. The van der Waals surface area contributed by atoms with E-state index in [0.29, 0.717) is 12.8 Å². The fourth-order valence-electron chi connectivity index (χ4n) is 3.27. The van der Waals surface area contributed by atoms with Crippen LogP contribution in [0.2, 0.25) is 0 Å². The van der Waals surface area contributed by atoms with Crippen LogP contribution in [0.4, 0.5) is 0 Å². The summed E-state index contributed by atoms with van der Waals surface area (Å²) in [4.78, 5) is 83.6. The Morgan fingerprint density at radius 2 is 0.814 bits per heavy atom. The Balaban J connectivity index is -0.000000646. The number of carboxylic acids is 2. The smallest absolute Gasteiger partial charge is 0.310 e. The zero-order valence-electron chi connectivity index (χ0n) is 26.1. The van der Waals surface area contributed by atoms with Crippen molar-refractivity contribution in [1.29, 1.82) is 0 Å². The number of esters is 4. The fraction of sp³-hybridized carbons (Fsp3) is 0.733. The first-order chi connectivity index (χ1) is 20.2. The summed E-state index contributed by atoms with van der Waals surface area (Å²) in [5.74, 6) is -3.58. The highest BCUT2D eigenvalue weighted by Crippen LogP contribution is 2.10. The first-order valence-corrected chi connectivity index (χ1v) is 14.6. The highest BCUT2D eigenvalue weighted by Gasteiger charge is 2.05. The first kappa shape index (κ1) is 43.8. The molecule has 0 unspecified atom stereocenters. The lowest BCUT2D eigenvalue weighted by Gasteiger charge is -2.03. The molecule has 0 heterocycles. The summed E-state index contributed by atoms with van der Waals surface area (Å²) >= 11 is 0. The second-order valence-electron chi connectivity index (χ2n) is 9.80. The number of ketones is 2. The van der Waals surface area contributed by atoms with Gasteiger partial charge in [-0.3, -0.25) is 38.4 Å². The summed E-state index contributed by atoms with van der Waals surface area (Å²) in [7, 11) is 0. The number of rotatable bonds is 22. The summed E-state index contributed by atoms with van der Waals surface area (Å²) in [6, 6.07) is 0. The topological polar surface area (TPSA) is 205 Å². The van der Waals surface area contributed by atoms with E-state index in [1.54, 1.807) is 0 Å². The van der Waals surface area contributed by atoms with Gasteiger partial charge in [0.15, 0.2) is 11.6 Å². The van der Waals surface area contributed by atoms with Crippen LogP contribution in [0, 0.1) is 0 Å². The molecule has 0 amide bonds. The Labute approximate surface area is 254 Å². The number of aliphatic carboxylic acids is 2. The van der Waals surface area contributed by atoms with Crippen molar-refractivity contribution in [3.63, 3.8) is 0 Å². The van der Waals surface area contributed by atoms with Crippen molar-refractivity contribution < 1.29 is 62.8 Å². The zero-order chi connectivity index (χ0) is 33.5. The highest BCUT2D eigenvalue weighted by atomic mass is 16.6. The van der Waals surface area contributed by atoms with Crippen LogP contribution < -0.4 is 0 Å². The van der Waals surface area contributed by atoms with E-state index >= 15 is 0 Å². The van der Waals surface area contributed by atoms with Gasteiger partial charge in [-0.05, 0) is 32.6 Å². The number of hydrogen-bond acceptors (Lipinski definition) is 11. The SMILES string of the molecule is CC(=O)COC(=O)CCCCCCCCC(=O)COC(C)=O.CC(=O)OC(C)=O.O=C(O)CCCCCCCCC(=O)O. The van der Waals surface area contributed by atoms with E-state index in [2.05, 4.69) is 9.47 Å². The molecule has 13 heteroatoms. The molecule has 13 nitrogen and oxygen atoms in total. The van der Waals surface area contributed by atoms with Gasteiger partial charge in [-0.25, -0.2) is 0 Å². The van der Waals surface area contributed by atoms with E-state index in [0.717, 1.165) is 77.0 Å². The normalized spacial score (nSPS) is 9.67. The van der Waals surface area contributed by atoms with Crippen molar-refractivity contribution in [3.8, 4) is 0 Å². The van der Waals surface area contributed by atoms with Crippen LogP contribution in [0.3, 0.4) is 0 Å². The molecule has 0 rings (SSSR count). The molecule has 0 aliphatic carbocycles.